The molecule has 12 heteroatoms. The van der Waals surface area contributed by atoms with Gasteiger partial charge in [0.15, 0.2) is 0 Å². The first-order valence-corrected chi connectivity index (χ1v) is 12.5. The summed E-state index contributed by atoms with van der Waals surface area (Å²) in [5.41, 5.74) is 13.3. The second-order valence-electron chi connectivity index (χ2n) is 9.29. The van der Waals surface area contributed by atoms with Crippen LogP contribution in [-0.4, -0.2) is 87.7 Å². The quantitative estimate of drug-likeness (QED) is 0.168. The molecule has 4 unspecified atom stereocenters. The summed E-state index contributed by atoms with van der Waals surface area (Å²) in [6.07, 6.45) is 4.27. The number of hydrogen-bond acceptors (Lipinski definition) is 7. The van der Waals surface area contributed by atoms with Gasteiger partial charge in [0.25, 0.3) is 0 Å². The summed E-state index contributed by atoms with van der Waals surface area (Å²) in [7, 11) is 0. The number of amides is 3. The SMILES string of the molecule is NCCCCC(NC(=O)C1CCCN1C(=O)C(CO)NC(=O)C(N)Cc1c[nH]c2ccccc12)C(=O)O. The Hall–Kier alpha value is -3.48. The fraction of sp³-hybridized carbons (Fsp3) is 0.520. The normalized spacial score (nSPS) is 17.8. The summed E-state index contributed by atoms with van der Waals surface area (Å²) in [5, 5.41) is 25.3. The second-order valence-corrected chi connectivity index (χ2v) is 9.29. The van der Waals surface area contributed by atoms with Gasteiger partial charge < -0.3 is 42.2 Å². The smallest absolute Gasteiger partial charge is 0.326 e. The van der Waals surface area contributed by atoms with E-state index in [0.717, 1.165) is 16.5 Å². The Morgan fingerprint density at radius 3 is 2.59 bits per heavy atom. The molecule has 3 amide bonds. The highest BCUT2D eigenvalue weighted by Crippen LogP contribution is 2.20. The van der Waals surface area contributed by atoms with Crippen LogP contribution in [0.25, 0.3) is 10.9 Å². The number of aliphatic hydroxyl groups is 1. The number of aliphatic hydroxyl groups excluding tert-OH is 1. The number of para-hydroxylation sites is 1. The maximum Gasteiger partial charge on any atom is 0.326 e. The minimum atomic E-state index is -1.28. The van der Waals surface area contributed by atoms with Crippen LogP contribution in [0.3, 0.4) is 0 Å². The van der Waals surface area contributed by atoms with Gasteiger partial charge >= 0.3 is 5.97 Å². The lowest BCUT2D eigenvalue weighted by Gasteiger charge is -2.29. The fourth-order valence-corrected chi connectivity index (χ4v) is 4.62. The first-order valence-electron chi connectivity index (χ1n) is 12.5. The molecule has 0 aliphatic carbocycles. The number of fused-ring (bicyclic) bond motifs is 1. The molecule has 1 aliphatic rings. The maximum atomic E-state index is 13.2. The summed E-state index contributed by atoms with van der Waals surface area (Å²) in [6, 6.07) is 3.36. The summed E-state index contributed by atoms with van der Waals surface area (Å²) in [6.45, 7) is -0.00739. The maximum absolute atomic E-state index is 13.2. The number of hydrogen-bond donors (Lipinski definition) is 7. The highest BCUT2D eigenvalue weighted by molar-refractivity contribution is 5.95. The Labute approximate surface area is 214 Å². The van der Waals surface area contributed by atoms with Gasteiger partial charge in [-0.2, -0.15) is 0 Å². The lowest BCUT2D eigenvalue weighted by molar-refractivity contribution is -0.145. The van der Waals surface area contributed by atoms with Crippen molar-refractivity contribution in [2.24, 2.45) is 11.5 Å². The van der Waals surface area contributed by atoms with Gasteiger partial charge in [0, 0.05) is 23.6 Å². The molecule has 0 spiro atoms. The van der Waals surface area contributed by atoms with E-state index in [1.165, 1.54) is 4.90 Å². The predicted molar refractivity (Wildman–Crippen MR) is 136 cm³/mol. The Kier molecular flexibility index (Phi) is 10.0. The van der Waals surface area contributed by atoms with E-state index in [-0.39, 0.29) is 19.4 Å². The van der Waals surface area contributed by atoms with Gasteiger partial charge in [0.1, 0.15) is 18.1 Å². The lowest BCUT2D eigenvalue weighted by atomic mass is 10.0. The van der Waals surface area contributed by atoms with Crippen molar-refractivity contribution < 1.29 is 29.4 Å². The third kappa shape index (κ3) is 7.06. The number of carboxylic acid groups (broad SMARTS) is 1. The number of nitrogens with zero attached hydrogens (tertiary/aromatic N) is 1. The van der Waals surface area contributed by atoms with E-state index in [9.17, 15) is 29.4 Å². The number of nitrogens with two attached hydrogens (primary N) is 2. The van der Waals surface area contributed by atoms with Gasteiger partial charge in [-0.3, -0.25) is 14.4 Å². The van der Waals surface area contributed by atoms with Crippen molar-refractivity contribution in [1.82, 2.24) is 20.5 Å². The lowest BCUT2D eigenvalue weighted by Crippen LogP contribution is -2.58. The van der Waals surface area contributed by atoms with Crippen molar-refractivity contribution in [3.63, 3.8) is 0 Å². The van der Waals surface area contributed by atoms with Gasteiger partial charge in [-0.05, 0) is 56.7 Å². The molecule has 12 nitrogen and oxygen atoms in total. The number of rotatable bonds is 13. The van der Waals surface area contributed by atoms with Gasteiger partial charge in [0.05, 0.1) is 12.6 Å². The molecule has 3 rings (SSSR count). The highest BCUT2D eigenvalue weighted by Gasteiger charge is 2.39. The Bertz CT molecular complexity index is 1100. The van der Waals surface area contributed by atoms with Crippen LogP contribution in [0.15, 0.2) is 30.5 Å². The second kappa shape index (κ2) is 13.2. The molecule has 1 aromatic carbocycles. The van der Waals surface area contributed by atoms with E-state index >= 15 is 0 Å². The van der Waals surface area contributed by atoms with Crippen molar-refractivity contribution in [2.75, 3.05) is 19.7 Å². The van der Waals surface area contributed by atoms with Crippen molar-refractivity contribution >= 4 is 34.6 Å². The van der Waals surface area contributed by atoms with Crippen LogP contribution in [-0.2, 0) is 25.6 Å². The molecular formula is C25H36N6O6. The number of H-pyrrole nitrogens is 1. The Morgan fingerprint density at radius 2 is 1.89 bits per heavy atom. The zero-order valence-electron chi connectivity index (χ0n) is 20.7. The minimum absolute atomic E-state index is 0.220. The number of aromatic amines is 1. The molecule has 0 bridgehead atoms. The van der Waals surface area contributed by atoms with Crippen LogP contribution < -0.4 is 22.1 Å². The number of nitrogens with one attached hydrogen (secondary N) is 3. The van der Waals surface area contributed by atoms with Gasteiger partial charge in [-0.25, -0.2) is 4.79 Å². The highest BCUT2D eigenvalue weighted by atomic mass is 16.4. The number of unbranched alkanes of at least 4 members (excludes halogenated alkanes) is 1. The third-order valence-electron chi connectivity index (χ3n) is 6.65. The first kappa shape index (κ1) is 28.1. The van der Waals surface area contributed by atoms with Crippen LogP contribution in [0, 0.1) is 0 Å². The zero-order valence-corrected chi connectivity index (χ0v) is 20.7. The molecule has 37 heavy (non-hydrogen) atoms. The molecule has 1 fully saturated rings. The van der Waals surface area contributed by atoms with Crippen LogP contribution >= 0.6 is 0 Å². The van der Waals surface area contributed by atoms with E-state index in [2.05, 4.69) is 15.6 Å². The molecule has 2 heterocycles. The molecule has 2 aromatic rings. The number of likely N-dealkylation sites (tertiary alicyclic amines) is 1. The topological polar surface area (TPSA) is 204 Å². The molecule has 1 saturated heterocycles. The molecule has 0 saturated carbocycles. The average Bonchev–Trinajstić information content (AvgIpc) is 3.54. The van der Waals surface area contributed by atoms with Crippen LogP contribution in [0.2, 0.25) is 0 Å². The number of benzene rings is 1. The largest absolute Gasteiger partial charge is 0.480 e. The Morgan fingerprint density at radius 1 is 1.14 bits per heavy atom. The predicted octanol–water partition coefficient (Wildman–Crippen LogP) is -0.796. The van der Waals surface area contributed by atoms with Gasteiger partial charge in [-0.15, -0.1) is 0 Å². The minimum Gasteiger partial charge on any atom is -0.480 e. The molecule has 9 N–H and O–H groups in total. The van der Waals surface area contributed by atoms with E-state index in [4.69, 9.17) is 11.5 Å². The number of aromatic nitrogens is 1. The Balaban J connectivity index is 1.60. The van der Waals surface area contributed by atoms with E-state index in [1.807, 2.05) is 24.3 Å². The summed E-state index contributed by atoms with van der Waals surface area (Å²) >= 11 is 0. The monoisotopic (exact) mass is 516 g/mol. The van der Waals surface area contributed by atoms with Crippen molar-refractivity contribution in [3.8, 4) is 0 Å². The molecular weight excluding hydrogens is 480 g/mol. The molecule has 4 atom stereocenters. The molecule has 1 aliphatic heterocycles. The van der Waals surface area contributed by atoms with Crippen LogP contribution in [0.5, 0.6) is 0 Å². The van der Waals surface area contributed by atoms with Crippen LogP contribution in [0.1, 0.15) is 37.7 Å². The van der Waals surface area contributed by atoms with Gasteiger partial charge in [0.2, 0.25) is 17.7 Å². The molecule has 1 aromatic heterocycles. The summed E-state index contributed by atoms with van der Waals surface area (Å²) < 4.78 is 0. The molecule has 0 radical (unpaired) electrons. The average molecular weight is 517 g/mol. The van der Waals surface area contributed by atoms with E-state index in [0.29, 0.717) is 32.2 Å². The number of carbonyl (C=O) groups excluding carboxylic acids is 3. The van der Waals surface area contributed by atoms with E-state index in [1.54, 1.807) is 6.20 Å². The first-order chi connectivity index (χ1) is 17.8. The van der Waals surface area contributed by atoms with Crippen LogP contribution in [0.4, 0.5) is 0 Å². The number of carboxylic acids is 1. The summed E-state index contributed by atoms with van der Waals surface area (Å²) in [5.74, 6) is -2.97. The van der Waals surface area contributed by atoms with Gasteiger partial charge in [-0.1, -0.05) is 18.2 Å². The summed E-state index contributed by atoms with van der Waals surface area (Å²) in [4.78, 5) is 54.8. The number of aliphatic carboxylic acids is 1. The zero-order chi connectivity index (χ0) is 26.9. The third-order valence-corrected chi connectivity index (χ3v) is 6.65. The van der Waals surface area contributed by atoms with E-state index < -0.39 is 54.5 Å². The standard InChI is InChI=1S/C25H36N6O6/c26-10-4-3-8-19(25(36)37)29-23(34)21-9-5-11-31(21)24(35)20(14-32)30-22(33)17(27)12-15-13-28-18-7-2-1-6-16(15)18/h1-2,6-7,13,17,19-21,28,32H,3-5,8-12,14,26-27H2,(H,29,34)(H,30,33)(H,36,37). The van der Waals surface area contributed by atoms with Crippen molar-refractivity contribution in [2.45, 2.75) is 62.7 Å². The fourth-order valence-electron chi connectivity index (χ4n) is 4.62. The van der Waals surface area contributed by atoms with Crippen molar-refractivity contribution in [1.29, 1.82) is 0 Å². The van der Waals surface area contributed by atoms with Crippen molar-refractivity contribution in [3.05, 3.63) is 36.0 Å². The number of carbonyl (C=O) groups is 4. The molecule has 202 valence electrons.